The molecule has 0 aliphatic carbocycles. The summed E-state index contributed by atoms with van der Waals surface area (Å²) < 4.78 is 11.0. The molecule has 1 aromatic rings. The largest absolute Gasteiger partial charge is 0.497 e. The molecule has 1 fully saturated rings. The predicted molar refractivity (Wildman–Crippen MR) is 101 cm³/mol. The molecular formula is C17H30Cl2N2O2. The van der Waals surface area contributed by atoms with Gasteiger partial charge in [-0.2, -0.15) is 0 Å². The summed E-state index contributed by atoms with van der Waals surface area (Å²) in [6.07, 6.45) is 0. The maximum Gasteiger partial charge on any atom is 0.123 e. The summed E-state index contributed by atoms with van der Waals surface area (Å²) in [5, 5.41) is 3.43. The molecular weight excluding hydrogens is 335 g/mol. The van der Waals surface area contributed by atoms with Crippen molar-refractivity contribution in [1.29, 1.82) is 0 Å². The van der Waals surface area contributed by atoms with E-state index in [2.05, 4.69) is 37.1 Å². The summed E-state index contributed by atoms with van der Waals surface area (Å²) in [6, 6.07) is 6.40. The average Bonchev–Trinajstić information content (AvgIpc) is 2.47. The van der Waals surface area contributed by atoms with E-state index >= 15 is 0 Å². The second-order valence-corrected chi connectivity index (χ2v) is 6.66. The van der Waals surface area contributed by atoms with E-state index in [1.165, 1.54) is 5.56 Å². The quantitative estimate of drug-likeness (QED) is 0.885. The second kappa shape index (κ2) is 9.58. The zero-order chi connectivity index (χ0) is 15.5. The monoisotopic (exact) mass is 364 g/mol. The van der Waals surface area contributed by atoms with Gasteiger partial charge in [-0.25, -0.2) is 0 Å². The van der Waals surface area contributed by atoms with Gasteiger partial charge in [0.1, 0.15) is 11.5 Å². The van der Waals surface area contributed by atoms with E-state index < -0.39 is 0 Å². The number of piperazine rings is 1. The van der Waals surface area contributed by atoms with Gasteiger partial charge in [-0.05, 0) is 23.6 Å². The Labute approximate surface area is 152 Å². The Balaban J connectivity index is 0.00000242. The van der Waals surface area contributed by atoms with Crippen LogP contribution < -0.4 is 14.8 Å². The summed E-state index contributed by atoms with van der Waals surface area (Å²) in [5.41, 5.74) is 1.34. The van der Waals surface area contributed by atoms with E-state index in [-0.39, 0.29) is 30.2 Å². The molecule has 1 saturated heterocycles. The molecule has 0 spiro atoms. The van der Waals surface area contributed by atoms with E-state index in [9.17, 15) is 0 Å². The molecule has 4 nitrogen and oxygen atoms in total. The first-order valence-electron chi connectivity index (χ1n) is 7.64. The van der Waals surface area contributed by atoms with Crippen LogP contribution in [0.1, 0.15) is 32.4 Å². The van der Waals surface area contributed by atoms with Crippen LogP contribution in [0.5, 0.6) is 11.5 Å². The molecule has 0 radical (unpaired) electrons. The Hall–Kier alpha value is -0.680. The van der Waals surface area contributed by atoms with Crippen LogP contribution in [0.15, 0.2) is 18.2 Å². The Morgan fingerprint density at radius 3 is 2.13 bits per heavy atom. The number of nitrogens with one attached hydrogen (secondary N) is 1. The van der Waals surface area contributed by atoms with Crippen molar-refractivity contribution in [2.45, 2.75) is 26.8 Å². The number of ether oxygens (including phenoxy) is 2. The van der Waals surface area contributed by atoms with Gasteiger partial charge in [0.25, 0.3) is 0 Å². The third-order valence-corrected chi connectivity index (χ3v) is 4.07. The fraction of sp³-hybridized carbons (Fsp3) is 0.647. The molecule has 0 amide bonds. The van der Waals surface area contributed by atoms with Gasteiger partial charge in [-0.1, -0.05) is 20.8 Å². The van der Waals surface area contributed by atoms with Gasteiger partial charge in [0.2, 0.25) is 0 Å². The normalized spacial score (nSPS) is 16.7. The van der Waals surface area contributed by atoms with Crippen LogP contribution in [0.25, 0.3) is 0 Å². The molecule has 0 unspecified atom stereocenters. The molecule has 1 aromatic carbocycles. The molecule has 6 heteroatoms. The van der Waals surface area contributed by atoms with Gasteiger partial charge in [-0.3, -0.25) is 4.90 Å². The molecule has 23 heavy (non-hydrogen) atoms. The van der Waals surface area contributed by atoms with E-state index in [4.69, 9.17) is 9.47 Å². The minimum atomic E-state index is 0. The van der Waals surface area contributed by atoms with E-state index in [1.54, 1.807) is 14.2 Å². The molecule has 0 saturated carbocycles. The van der Waals surface area contributed by atoms with Crippen molar-refractivity contribution in [2.24, 2.45) is 5.41 Å². The topological polar surface area (TPSA) is 33.7 Å². The average molecular weight is 365 g/mol. The van der Waals surface area contributed by atoms with Gasteiger partial charge >= 0.3 is 0 Å². The SMILES string of the molecule is COc1ccc(OC)c([C@@H](N2CCNCC2)C(C)(C)C)c1.Cl.Cl. The Kier molecular flexibility index (Phi) is 9.29. The molecule has 1 aliphatic rings. The Morgan fingerprint density at radius 1 is 1.04 bits per heavy atom. The highest BCUT2D eigenvalue weighted by Crippen LogP contribution is 2.43. The summed E-state index contributed by atoms with van der Waals surface area (Å²) in [6.45, 7) is 11.1. The van der Waals surface area contributed by atoms with Crippen molar-refractivity contribution in [3.63, 3.8) is 0 Å². The van der Waals surface area contributed by atoms with Crippen molar-refractivity contribution in [3.8, 4) is 11.5 Å². The van der Waals surface area contributed by atoms with Crippen LogP contribution in [0, 0.1) is 5.41 Å². The number of rotatable bonds is 4. The Bertz CT molecular complexity index is 472. The zero-order valence-electron chi connectivity index (χ0n) is 14.7. The summed E-state index contributed by atoms with van der Waals surface area (Å²) in [4.78, 5) is 2.55. The smallest absolute Gasteiger partial charge is 0.123 e. The van der Waals surface area contributed by atoms with Crippen molar-refractivity contribution < 1.29 is 9.47 Å². The van der Waals surface area contributed by atoms with Crippen LogP contribution in [0.3, 0.4) is 0 Å². The molecule has 134 valence electrons. The van der Waals surface area contributed by atoms with Gasteiger partial charge in [-0.15, -0.1) is 24.8 Å². The number of methoxy groups -OCH3 is 2. The van der Waals surface area contributed by atoms with Crippen LogP contribution in [-0.4, -0.2) is 45.3 Å². The molecule has 1 N–H and O–H groups in total. The maximum atomic E-state index is 5.61. The van der Waals surface area contributed by atoms with E-state index in [1.807, 2.05) is 12.1 Å². The molecule has 1 atom stereocenters. The number of hydrogen-bond donors (Lipinski definition) is 1. The fourth-order valence-corrected chi connectivity index (χ4v) is 3.20. The first-order valence-corrected chi connectivity index (χ1v) is 7.64. The Morgan fingerprint density at radius 2 is 1.65 bits per heavy atom. The zero-order valence-corrected chi connectivity index (χ0v) is 16.4. The third kappa shape index (κ3) is 5.42. The number of nitrogens with zero attached hydrogens (tertiary/aromatic N) is 1. The maximum absolute atomic E-state index is 5.61. The van der Waals surface area contributed by atoms with Crippen molar-refractivity contribution in [2.75, 3.05) is 40.4 Å². The molecule has 1 heterocycles. The van der Waals surface area contributed by atoms with E-state index in [0.29, 0.717) is 6.04 Å². The van der Waals surface area contributed by atoms with Gasteiger partial charge in [0, 0.05) is 37.8 Å². The minimum absolute atomic E-state index is 0. The van der Waals surface area contributed by atoms with Crippen molar-refractivity contribution in [3.05, 3.63) is 23.8 Å². The fourth-order valence-electron chi connectivity index (χ4n) is 3.20. The standard InChI is InChI=1S/C17H28N2O2.2ClH/c1-17(2,3)16(19-10-8-18-9-11-19)14-12-13(20-4)6-7-15(14)21-5;;/h6-7,12,16,18H,8-11H2,1-5H3;2*1H/t16-;;/m1../s1. The van der Waals surface area contributed by atoms with Crippen molar-refractivity contribution >= 4 is 24.8 Å². The second-order valence-electron chi connectivity index (χ2n) is 6.66. The lowest BCUT2D eigenvalue weighted by Gasteiger charge is -2.43. The number of benzene rings is 1. The molecule has 0 bridgehead atoms. The number of halogens is 2. The molecule has 0 aromatic heterocycles. The lowest BCUT2D eigenvalue weighted by atomic mass is 9.80. The third-order valence-electron chi connectivity index (χ3n) is 4.07. The first-order chi connectivity index (χ1) is 9.97. The van der Waals surface area contributed by atoms with Crippen LogP contribution in [0.4, 0.5) is 0 Å². The predicted octanol–water partition coefficient (Wildman–Crippen LogP) is 3.54. The van der Waals surface area contributed by atoms with Crippen molar-refractivity contribution in [1.82, 2.24) is 10.2 Å². The lowest BCUT2D eigenvalue weighted by Crippen LogP contribution is -2.48. The lowest BCUT2D eigenvalue weighted by molar-refractivity contribution is 0.0840. The summed E-state index contributed by atoms with van der Waals surface area (Å²) >= 11 is 0. The molecule has 2 rings (SSSR count). The van der Waals surface area contributed by atoms with Crippen LogP contribution in [-0.2, 0) is 0 Å². The molecule has 1 aliphatic heterocycles. The van der Waals surface area contributed by atoms with Gasteiger partial charge < -0.3 is 14.8 Å². The highest BCUT2D eigenvalue weighted by Gasteiger charge is 2.34. The minimum Gasteiger partial charge on any atom is -0.497 e. The van der Waals surface area contributed by atoms with Gasteiger partial charge in [0.05, 0.1) is 14.2 Å². The summed E-state index contributed by atoms with van der Waals surface area (Å²) in [7, 11) is 3.45. The van der Waals surface area contributed by atoms with E-state index in [0.717, 1.165) is 37.7 Å². The number of hydrogen-bond acceptors (Lipinski definition) is 4. The highest BCUT2D eigenvalue weighted by molar-refractivity contribution is 5.85. The first kappa shape index (κ1) is 22.3. The highest BCUT2D eigenvalue weighted by atomic mass is 35.5. The summed E-state index contributed by atoms with van der Waals surface area (Å²) in [5.74, 6) is 1.82. The van der Waals surface area contributed by atoms with Crippen LogP contribution in [0.2, 0.25) is 0 Å². The van der Waals surface area contributed by atoms with Gasteiger partial charge in [0.15, 0.2) is 0 Å². The van der Waals surface area contributed by atoms with Crippen LogP contribution >= 0.6 is 24.8 Å².